The van der Waals surface area contributed by atoms with E-state index in [2.05, 4.69) is 74.6 Å². The van der Waals surface area contributed by atoms with Gasteiger partial charge in [-0.2, -0.15) is 0 Å². The van der Waals surface area contributed by atoms with Gasteiger partial charge in [0.15, 0.2) is 6.10 Å². The average molecular weight is 864 g/mol. The number of hydrogen-bond donors (Lipinski definition) is 0. The normalized spacial score (nSPS) is 14.0. The summed E-state index contributed by atoms with van der Waals surface area (Å²) < 4.78 is 34.0. The second-order valence-corrected chi connectivity index (χ2v) is 18.5. The number of esters is 2. The topological polar surface area (TPSA) is 111 Å². The zero-order chi connectivity index (χ0) is 44.3. The number of unbranched alkanes of at least 4 members (excludes halogenated alkanes) is 19. The van der Waals surface area contributed by atoms with Gasteiger partial charge in [-0.25, -0.2) is 0 Å². The largest absolute Gasteiger partial charge is 0.756 e. The molecule has 60 heavy (non-hydrogen) atoms. The SMILES string of the molecule is CC/C=C\C/C=C\C/C=C\C/C=C\C/C=C\CCCCCC(=O)OC[C@H](COP(=O)([O-])OCC[N+](C)(C)C)OC(=O)CCCCCCCCCCCCCCCCCCC. The minimum atomic E-state index is -4.64. The van der Waals surface area contributed by atoms with Gasteiger partial charge >= 0.3 is 11.9 Å². The third kappa shape index (κ3) is 45.2. The monoisotopic (exact) mass is 864 g/mol. The summed E-state index contributed by atoms with van der Waals surface area (Å²) in [6, 6.07) is 0. The van der Waals surface area contributed by atoms with Crippen molar-refractivity contribution in [3.63, 3.8) is 0 Å². The summed E-state index contributed by atoms with van der Waals surface area (Å²) in [5, 5.41) is 0. The zero-order valence-corrected chi connectivity index (χ0v) is 40.0. The summed E-state index contributed by atoms with van der Waals surface area (Å²) in [7, 11) is 1.14. The standard InChI is InChI=1S/C50H90NO8P/c1-6-8-10-12-14-16-18-20-22-24-25-27-28-30-32-34-36-38-40-42-49(52)56-46-48(47-58-60(54,55)57-45-44-51(3,4)5)59-50(53)43-41-39-37-35-33-31-29-26-23-21-19-17-15-13-11-9-7-2/h8,10,14,16,20,22,25,27,30,32,48H,6-7,9,11-13,15,17-19,21,23-24,26,28-29,31,33-47H2,1-5H3/b10-8-,16-14-,22-20-,27-25-,32-30-/t48-/m1/s1. The average Bonchev–Trinajstić information content (AvgIpc) is 3.20. The van der Waals surface area contributed by atoms with Gasteiger partial charge in [-0.3, -0.25) is 14.2 Å². The van der Waals surface area contributed by atoms with Crippen molar-refractivity contribution in [2.75, 3.05) is 47.5 Å². The van der Waals surface area contributed by atoms with Gasteiger partial charge in [0.05, 0.1) is 27.7 Å². The van der Waals surface area contributed by atoms with E-state index in [0.717, 1.165) is 70.6 Å². The van der Waals surface area contributed by atoms with Crippen LogP contribution in [0.3, 0.4) is 0 Å². The summed E-state index contributed by atoms with van der Waals surface area (Å²) in [4.78, 5) is 37.6. The number of nitrogens with zero attached hydrogens (tertiary/aromatic N) is 1. The fraction of sp³-hybridized carbons (Fsp3) is 0.760. The highest BCUT2D eigenvalue weighted by Crippen LogP contribution is 2.38. The quantitative estimate of drug-likeness (QED) is 0.0196. The van der Waals surface area contributed by atoms with Crippen LogP contribution in [0.1, 0.15) is 194 Å². The van der Waals surface area contributed by atoms with Crippen LogP contribution in [-0.2, 0) is 32.7 Å². The molecule has 0 radical (unpaired) electrons. The number of carbonyl (C=O) groups is 2. The number of allylic oxidation sites excluding steroid dienone is 10. The van der Waals surface area contributed by atoms with Crippen molar-refractivity contribution in [2.24, 2.45) is 0 Å². The zero-order valence-electron chi connectivity index (χ0n) is 39.1. The van der Waals surface area contributed by atoms with Crippen LogP contribution >= 0.6 is 7.82 Å². The predicted octanol–water partition coefficient (Wildman–Crippen LogP) is 13.4. The Morgan fingerprint density at radius 2 is 0.950 bits per heavy atom. The maximum absolute atomic E-state index is 12.7. The van der Waals surface area contributed by atoms with Crippen molar-refractivity contribution >= 4 is 19.8 Å². The molecule has 0 aliphatic heterocycles. The number of carbonyl (C=O) groups excluding carboxylic acids is 2. The molecule has 0 spiro atoms. The lowest BCUT2D eigenvalue weighted by Crippen LogP contribution is -2.37. The number of likely N-dealkylation sites (N-methyl/N-ethyl adjacent to an activating group) is 1. The first-order valence-corrected chi connectivity index (χ1v) is 25.5. The second kappa shape index (κ2) is 42.0. The van der Waals surface area contributed by atoms with E-state index in [-0.39, 0.29) is 26.1 Å². The van der Waals surface area contributed by atoms with Gasteiger partial charge in [0.1, 0.15) is 19.8 Å². The molecule has 0 aromatic carbocycles. The van der Waals surface area contributed by atoms with Crippen molar-refractivity contribution in [1.82, 2.24) is 0 Å². The van der Waals surface area contributed by atoms with Crippen molar-refractivity contribution < 1.29 is 42.1 Å². The number of quaternary nitrogens is 1. The van der Waals surface area contributed by atoms with E-state index in [4.69, 9.17) is 18.5 Å². The maximum atomic E-state index is 12.7. The number of phosphoric ester groups is 1. The Balaban J connectivity index is 4.36. The van der Waals surface area contributed by atoms with Gasteiger partial charge in [0.25, 0.3) is 7.82 Å². The molecule has 0 aromatic rings. The molecule has 9 nitrogen and oxygen atoms in total. The van der Waals surface area contributed by atoms with E-state index >= 15 is 0 Å². The van der Waals surface area contributed by atoms with Crippen molar-refractivity contribution in [2.45, 2.75) is 200 Å². The summed E-state index contributed by atoms with van der Waals surface area (Å²) in [5.74, 6) is -0.870. The highest BCUT2D eigenvalue weighted by Gasteiger charge is 2.21. The molecule has 1 unspecified atom stereocenters. The van der Waals surface area contributed by atoms with E-state index in [1.165, 1.54) is 83.5 Å². The number of phosphoric acid groups is 1. The smallest absolute Gasteiger partial charge is 0.306 e. The first-order valence-electron chi connectivity index (χ1n) is 24.0. The lowest BCUT2D eigenvalue weighted by molar-refractivity contribution is -0.870. The molecule has 0 N–H and O–H groups in total. The molecule has 0 aromatic heterocycles. The number of ether oxygens (including phenoxy) is 2. The van der Waals surface area contributed by atoms with E-state index in [1.54, 1.807) is 0 Å². The van der Waals surface area contributed by atoms with Crippen LogP contribution in [0.5, 0.6) is 0 Å². The molecular weight excluding hydrogens is 774 g/mol. The molecule has 0 fully saturated rings. The Labute approximate surface area is 368 Å². The molecule has 0 saturated carbocycles. The molecule has 10 heteroatoms. The van der Waals surface area contributed by atoms with Crippen molar-refractivity contribution in [3.05, 3.63) is 60.8 Å². The molecule has 0 heterocycles. The summed E-state index contributed by atoms with van der Waals surface area (Å²) in [5.41, 5.74) is 0. The lowest BCUT2D eigenvalue weighted by atomic mass is 10.0. The van der Waals surface area contributed by atoms with Crippen molar-refractivity contribution in [3.8, 4) is 0 Å². The Kier molecular flexibility index (Phi) is 40.4. The highest BCUT2D eigenvalue weighted by molar-refractivity contribution is 7.45. The van der Waals surface area contributed by atoms with Crippen LogP contribution in [0.15, 0.2) is 60.8 Å². The molecule has 0 rings (SSSR count). The first-order chi connectivity index (χ1) is 29.0. The minimum absolute atomic E-state index is 0.0376. The fourth-order valence-electron chi connectivity index (χ4n) is 6.33. The van der Waals surface area contributed by atoms with Gasteiger partial charge in [0.2, 0.25) is 0 Å². The molecule has 2 atom stereocenters. The van der Waals surface area contributed by atoms with E-state index in [9.17, 15) is 19.0 Å². The van der Waals surface area contributed by atoms with E-state index < -0.39 is 32.5 Å². The molecule has 348 valence electrons. The van der Waals surface area contributed by atoms with Crippen LogP contribution < -0.4 is 4.89 Å². The molecular formula is C50H90NO8P. The summed E-state index contributed by atoms with van der Waals surface area (Å²) >= 11 is 0. The molecule has 0 saturated heterocycles. The predicted molar refractivity (Wildman–Crippen MR) is 250 cm³/mol. The highest BCUT2D eigenvalue weighted by atomic mass is 31.2. The van der Waals surface area contributed by atoms with Crippen LogP contribution in [0.2, 0.25) is 0 Å². The van der Waals surface area contributed by atoms with Gasteiger partial charge in [-0.05, 0) is 57.8 Å². The van der Waals surface area contributed by atoms with Gasteiger partial charge < -0.3 is 27.9 Å². The number of rotatable bonds is 43. The Morgan fingerprint density at radius 3 is 1.42 bits per heavy atom. The van der Waals surface area contributed by atoms with E-state index in [1.807, 2.05) is 21.1 Å². The van der Waals surface area contributed by atoms with Gasteiger partial charge in [-0.15, -0.1) is 0 Å². The Bertz CT molecular complexity index is 1210. The van der Waals surface area contributed by atoms with Crippen LogP contribution in [-0.4, -0.2) is 70.0 Å². The Hall–Kier alpha value is -2.29. The maximum Gasteiger partial charge on any atom is 0.306 e. The lowest BCUT2D eigenvalue weighted by Gasteiger charge is -2.28. The second-order valence-electron chi connectivity index (χ2n) is 17.1. The molecule has 0 amide bonds. The van der Waals surface area contributed by atoms with Crippen LogP contribution in [0, 0.1) is 0 Å². The third-order valence-corrected chi connectivity index (χ3v) is 11.0. The van der Waals surface area contributed by atoms with Crippen molar-refractivity contribution in [1.29, 1.82) is 0 Å². The van der Waals surface area contributed by atoms with E-state index in [0.29, 0.717) is 23.9 Å². The Morgan fingerprint density at radius 1 is 0.533 bits per heavy atom. The molecule has 0 bridgehead atoms. The van der Waals surface area contributed by atoms with Gasteiger partial charge in [0, 0.05) is 12.8 Å². The molecule has 0 aliphatic rings. The minimum Gasteiger partial charge on any atom is -0.756 e. The third-order valence-electron chi connectivity index (χ3n) is 10.1. The fourth-order valence-corrected chi connectivity index (χ4v) is 7.06. The van der Waals surface area contributed by atoms with Gasteiger partial charge in [-0.1, -0.05) is 184 Å². The van der Waals surface area contributed by atoms with Crippen LogP contribution in [0.4, 0.5) is 0 Å². The number of hydrogen-bond acceptors (Lipinski definition) is 8. The van der Waals surface area contributed by atoms with Crippen LogP contribution in [0.25, 0.3) is 0 Å². The summed E-state index contributed by atoms with van der Waals surface area (Å²) in [6.07, 6.45) is 51.0. The molecule has 0 aliphatic carbocycles. The summed E-state index contributed by atoms with van der Waals surface area (Å²) in [6.45, 7) is 4.09. The first kappa shape index (κ1) is 57.7.